The number of aromatic nitrogens is 3. The van der Waals surface area contributed by atoms with E-state index in [1.165, 1.54) is 11.8 Å². The van der Waals surface area contributed by atoms with E-state index in [4.69, 9.17) is 9.72 Å². The number of hydrogen-bond acceptors (Lipinski definition) is 5. The Hall–Kier alpha value is -2.32. The van der Waals surface area contributed by atoms with E-state index < -0.39 is 0 Å². The molecule has 0 spiro atoms. The van der Waals surface area contributed by atoms with E-state index in [1.54, 1.807) is 4.57 Å². The van der Waals surface area contributed by atoms with Gasteiger partial charge in [-0.1, -0.05) is 30.0 Å². The van der Waals surface area contributed by atoms with Crippen LogP contribution in [0.15, 0.2) is 34.2 Å². The number of carbonyl (C=O) groups is 1. The van der Waals surface area contributed by atoms with Gasteiger partial charge in [-0.05, 0) is 26.8 Å². The molecule has 3 heterocycles. The maximum Gasteiger partial charge on any atom is 0.278 e. The predicted molar refractivity (Wildman–Crippen MR) is 111 cm³/mol. The van der Waals surface area contributed by atoms with Crippen molar-refractivity contribution < 1.29 is 9.53 Å². The van der Waals surface area contributed by atoms with Gasteiger partial charge in [0.15, 0.2) is 5.16 Å². The van der Waals surface area contributed by atoms with Crippen LogP contribution in [0.3, 0.4) is 0 Å². The first-order chi connectivity index (χ1) is 13.5. The fraction of sp³-hybridized carbons (Fsp3) is 0.450. The molecule has 7 nitrogen and oxygen atoms in total. The van der Waals surface area contributed by atoms with Gasteiger partial charge in [-0.3, -0.25) is 14.2 Å². The normalized spacial score (nSPS) is 20.2. The Kier molecular flexibility index (Phi) is 5.16. The van der Waals surface area contributed by atoms with Crippen LogP contribution in [0.2, 0.25) is 0 Å². The summed E-state index contributed by atoms with van der Waals surface area (Å²) in [5.41, 5.74) is 1.95. The van der Waals surface area contributed by atoms with Gasteiger partial charge in [0.25, 0.3) is 5.56 Å². The monoisotopic (exact) mass is 400 g/mol. The van der Waals surface area contributed by atoms with Crippen LogP contribution in [0.4, 0.5) is 0 Å². The number of aromatic amines is 1. The van der Waals surface area contributed by atoms with E-state index in [0.717, 1.165) is 10.9 Å². The van der Waals surface area contributed by atoms with Crippen LogP contribution < -0.4 is 5.56 Å². The molecule has 1 amide bonds. The molecule has 0 unspecified atom stereocenters. The fourth-order valence-electron chi connectivity index (χ4n) is 3.76. The van der Waals surface area contributed by atoms with Crippen LogP contribution in [-0.2, 0) is 16.1 Å². The first-order valence-electron chi connectivity index (χ1n) is 9.55. The molecule has 1 saturated heterocycles. The summed E-state index contributed by atoms with van der Waals surface area (Å²) in [4.78, 5) is 35.4. The van der Waals surface area contributed by atoms with E-state index in [9.17, 15) is 9.59 Å². The summed E-state index contributed by atoms with van der Waals surface area (Å²) in [5, 5.41) is 1.49. The van der Waals surface area contributed by atoms with Gasteiger partial charge in [-0.15, -0.1) is 0 Å². The Morgan fingerprint density at radius 2 is 2.00 bits per heavy atom. The molecule has 1 aromatic carbocycles. The number of amides is 1. The summed E-state index contributed by atoms with van der Waals surface area (Å²) in [5.74, 6) is 0.294. The van der Waals surface area contributed by atoms with Crippen LogP contribution in [0.1, 0.15) is 20.8 Å². The largest absolute Gasteiger partial charge is 0.372 e. The number of nitrogens with zero attached hydrogens (tertiary/aromatic N) is 3. The molecule has 2 atom stereocenters. The molecule has 0 saturated carbocycles. The van der Waals surface area contributed by atoms with Crippen LogP contribution in [0, 0.1) is 0 Å². The summed E-state index contributed by atoms with van der Waals surface area (Å²) in [7, 11) is 0. The number of rotatable bonds is 4. The highest BCUT2D eigenvalue weighted by Crippen LogP contribution is 2.25. The van der Waals surface area contributed by atoms with E-state index in [1.807, 2.05) is 49.9 Å². The van der Waals surface area contributed by atoms with Gasteiger partial charge >= 0.3 is 0 Å². The molecule has 1 aliphatic heterocycles. The van der Waals surface area contributed by atoms with Gasteiger partial charge in [0, 0.05) is 30.5 Å². The zero-order valence-electron chi connectivity index (χ0n) is 16.3. The van der Waals surface area contributed by atoms with Gasteiger partial charge in [0.2, 0.25) is 5.91 Å². The second-order valence-electron chi connectivity index (χ2n) is 7.18. The smallest absolute Gasteiger partial charge is 0.278 e. The van der Waals surface area contributed by atoms with Crippen LogP contribution in [0.25, 0.3) is 21.9 Å². The lowest BCUT2D eigenvalue weighted by atomic mass is 10.2. The standard InChI is InChI=1S/C20H24N4O3S/c1-4-24-19(26)18-17(14-7-5-6-8-15(14)21-18)22-20(24)28-11-16(25)23-9-12(2)27-13(3)10-23/h5-8,12-13,21H,4,9-11H2,1-3H3/t12-,13+. The van der Waals surface area contributed by atoms with Crippen molar-refractivity contribution in [2.45, 2.75) is 44.7 Å². The Labute approximate surface area is 167 Å². The first kappa shape index (κ1) is 19.0. The Bertz CT molecular complexity index is 1080. The SMILES string of the molecule is CCn1c(SCC(=O)N2C[C@@H](C)O[C@@H](C)C2)nc2c([nH]c3ccccc32)c1=O. The maximum absolute atomic E-state index is 12.9. The number of fused-ring (bicyclic) bond motifs is 3. The lowest BCUT2D eigenvalue weighted by molar-refractivity contribution is -0.140. The second kappa shape index (κ2) is 7.60. The summed E-state index contributed by atoms with van der Waals surface area (Å²) in [6.45, 7) is 7.56. The van der Waals surface area contributed by atoms with Crippen molar-refractivity contribution in [3.05, 3.63) is 34.6 Å². The zero-order chi connectivity index (χ0) is 19.8. The lowest BCUT2D eigenvalue weighted by Crippen LogP contribution is -2.48. The first-order valence-corrected chi connectivity index (χ1v) is 10.5. The Morgan fingerprint density at radius 1 is 1.29 bits per heavy atom. The lowest BCUT2D eigenvalue weighted by Gasteiger charge is -2.35. The van der Waals surface area contributed by atoms with Crippen molar-refractivity contribution in [1.29, 1.82) is 0 Å². The van der Waals surface area contributed by atoms with Gasteiger partial charge in [0.1, 0.15) is 11.0 Å². The number of thioether (sulfide) groups is 1. The molecule has 28 heavy (non-hydrogen) atoms. The zero-order valence-corrected chi connectivity index (χ0v) is 17.1. The van der Waals surface area contributed by atoms with E-state index in [-0.39, 0.29) is 29.4 Å². The van der Waals surface area contributed by atoms with Gasteiger partial charge in [-0.2, -0.15) is 0 Å². The van der Waals surface area contributed by atoms with Gasteiger partial charge in [-0.25, -0.2) is 4.98 Å². The van der Waals surface area contributed by atoms with Crippen molar-refractivity contribution in [2.24, 2.45) is 0 Å². The van der Waals surface area contributed by atoms with Gasteiger partial charge < -0.3 is 14.6 Å². The maximum atomic E-state index is 12.9. The van der Waals surface area contributed by atoms with Gasteiger partial charge in [0.05, 0.1) is 18.0 Å². The molecule has 2 aromatic heterocycles. The minimum Gasteiger partial charge on any atom is -0.372 e. The average molecular weight is 401 g/mol. The Morgan fingerprint density at radius 3 is 2.71 bits per heavy atom. The third kappa shape index (κ3) is 3.42. The summed E-state index contributed by atoms with van der Waals surface area (Å²) >= 11 is 1.32. The molecule has 1 aliphatic rings. The van der Waals surface area contributed by atoms with Crippen molar-refractivity contribution in [3.63, 3.8) is 0 Å². The number of carbonyl (C=O) groups excluding carboxylic acids is 1. The molecule has 1 fully saturated rings. The fourth-order valence-corrected chi connectivity index (χ4v) is 4.72. The van der Waals surface area contributed by atoms with Crippen molar-refractivity contribution >= 4 is 39.6 Å². The van der Waals surface area contributed by atoms with E-state index in [2.05, 4.69) is 4.98 Å². The van der Waals surface area contributed by atoms with Crippen molar-refractivity contribution in [2.75, 3.05) is 18.8 Å². The molecular weight excluding hydrogens is 376 g/mol. The Balaban J connectivity index is 1.63. The molecule has 0 aliphatic carbocycles. The number of benzene rings is 1. The third-order valence-electron chi connectivity index (χ3n) is 4.99. The van der Waals surface area contributed by atoms with E-state index >= 15 is 0 Å². The number of H-pyrrole nitrogens is 1. The van der Waals surface area contributed by atoms with Crippen LogP contribution >= 0.6 is 11.8 Å². The second-order valence-corrected chi connectivity index (χ2v) is 8.13. The molecule has 4 rings (SSSR count). The molecule has 1 N–H and O–H groups in total. The van der Waals surface area contributed by atoms with Crippen molar-refractivity contribution in [3.8, 4) is 0 Å². The number of ether oxygens (including phenoxy) is 1. The van der Waals surface area contributed by atoms with E-state index in [0.29, 0.717) is 35.8 Å². The number of nitrogens with one attached hydrogen (secondary N) is 1. The minimum absolute atomic E-state index is 0.0345. The quantitative estimate of drug-likeness (QED) is 0.538. The number of para-hydroxylation sites is 1. The molecule has 0 radical (unpaired) electrons. The highest BCUT2D eigenvalue weighted by Gasteiger charge is 2.26. The molecule has 0 bridgehead atoms. The number of hydrogen-bond donors (Lipinski definition) is 1. The highest BCUT2D eigenvalue weighted by atomic mass is 32.2. The highest BCUT2D eigenvalue weighted by molar-refractivity contribution is 7.99. The molecular formula is C20H24N4O3S. The molecule has 148 valence electrons. The third-order valence-corrected chi connectivity index (χ3v) is 5.95. The topological polar surface area (TPSA) is 80.2 Å². The summed E-state index contributed by atoms with van der Waals surface area (Å²) < 4.78 is 7.33. The predicted octanol–water partition coefficient (Wildman–Crippen LogP) is 2.63. The minimum atomic E-state index is -0.104. The molecule has 3 aromatic rings. The summed E-state index contributed by atoms with van der Waals surface area (Å²) in [6.07, 6.45) is 0.0689. The molecule has 8 heteroatoms. The van der Waals surface area contributed by atoms with Crippen LogP contribution in [0.5, 0.6) is 0 Å². The number of morpholine rings is 1. The summed E-state index contributed by atoms with van der Waals surface area (Å²) in [6, 6.07) is 7.74. The van der Waals surface area contributed by atoms with Crippen molar-refractivity contribution in [1.82, 2.24) is 19.4 Å². The average Bonchev–Trinajstić information content (AvgIpc) is 3.04. The van der Waals surface area contributed by atoms with Crippen LogP contribution in [-0.4, -0.2) is 56.4 Å².